The monoisotopic (exact) mass is 928 g/mol. The molecule has 2 saturated heterocycles. The minimum Gasteiger partial charge on any atom is -0.503 e. The molecule has 1 N–H and O–H groups in total. The number of carbonyl (C=O) groups excluding carboxylic acids is 4. The molecule has 1 saturated carbocycles. The number of ether oxygens (including phenoxy) is 1. The average Bonchev–Trinajstić information content (AvgIpc) is 3.87. The molecule has 3 fully saturated rings. The molecule has 5 aromatic rings. The molecule has 0 bridgehead atoms. The molecule has 2 aliphatic carbocycles. The van der Waals surface area contributed by atoms with Crippen LogP contribution in [-0.2, 0) is 26.2 Å². The molecular weight excluding hydrogens is 896 g/mol. The minimum absolute atomic E-state index is 0.133. The number of rotatable bonds is 6. The predicted molar refractivity (Wildman–Crippen MR) is 227 cm³/mol. The zero-order valence-electron chi connectivity index (χ0n) is 31.2. The Morgan fingerprint density at radius 1 is 1.00 bits per heavy atom. The second-order valence-corrected chi connectivity index (χ2v) is 18.4. The van der Waals surface area contributed by atoms with Gasteiger partial charge in [0.2, 0.25) is 23.6 Å². The summed E-state index contributed by atoms with van der Waals surface area (Å²) >= 11 is 15.1. The van der Waals surface area contributed by atoms with Crippen LogP contribution in [-0.4, -0.2) is 45.6 Å². The Balaban J connectivity index is 1.18. The molecule has 2 aromatic heterocycles. The van der Waals surface area contributed by atoms with Gasteiger partial charge < -0.3 is 9.84 Å². The Kier molecular flexibility index (Phi) is 9.00. The van der Waals surface area contributed by atoms with E-state index in [1.807, 2.05) is 50.3 Å². The van der Waals surface area contributed by atoms with Crippen molar-refractivity contribution in [3.63, 3.8) is 0 Å². The number of aryl methyl sites for hydroxylation is 2. The number of methoxy groups -OCH3 is 1. The predicted octanol–water partition coefficient (Wildman–Crippen LogP) is 9.58. The summed E-state index contributed by atoms with van der Waals surface area (Å²) in [6.07, 6.45) is 4.15. The number of phenols is 1. The summed E-state index contributed by atoms with van der Waals surface area (Å²) in [7, 11) is 3.15. The van der Waals surface area contributed by atoms with E-state index in [0.29, 0.717) is 36.7 Å². The first-order valence-electron chi connectivity index (χ1n) is 18.4. The number of thiophene rings is 1. The van der Waals surface area contributed by atoms with Crippen molar-refractivity contribution < 1.29 is 29.0 Å². The molecule has 2 aliphatic heterocycles. The zero-order valence-corrected chi connectivity index (χ0v) is 35.9. The highest BCUT2D eigenvalue weighted by Crippen LogP contribution is 2.65. The number of nitrogens with zero attached hydrogens (tertiary/aromatic N) is 4. The fraction of sp³-hybridized carbons (Fsp3) is 0.279. The van der Waals surface area contributed by atoms with Crippen LogP contribution in [0.4, 0.5) is 11.5 Å². The van der Waals surface area contributed by atoms with Gasteiger partial charge in [0.25, 0.3) is 0 Å². The van der Waals surface area contributed by atoms with Crippen molar-refractivity contribution in [2.24, 2.45) is 36.1 Å². The standard InChI is InChI=1S/C43H35Br2ClN4O6S/c1-6-20-7-10-22(11-8-20)49-39(52)24-13-12-23-26(33(24)41(49)54)16-28-40(53)50(42(55)43(28,3)34(23)27-17-30(56-5)37(51)36(45)35(27)44)32-18-29(47-48(32)4)38-19(2)25-15-21(46)9-14-31(25)57-38/h6-12,14-15,17-18,24,26,28,33-34,51H,1,13,16H2,2-5H3/t24-,26+,28-,33-,34+,43+/m0/s1. The van der Waals surface area contributed by atoms with Crippen molar-refractivity contribution in [1.29, 1.82) is 0 Å². The van der Waals surface area contributed by atoms with E-state index in [4.69, 9.17) is 21.4 Å². The third kappa shape index (κ3) is 5.34. The van der Waals surface area contributed by atoms with Gasteiger partial charge in [0.05, 0.1) is 45.3 Å². The van der Waals surface area contributed by atoms with Crippen molar-refractivity contribution in [3.05, 3.63) is 103 Å². The maximum Gasteiger partial charge on any atom is 0.242 e. The Hall–Kier alpha value is -4.56. The fourth-order valence-corrected chi connectivity index (χ4v) is 12.1. The molecular formula is C43H35Br2ClN4O6S. The number of fused-ring (bicyclic) bond motifs is 5. The van der Waals surface area contributed by atoms with Gasteiger partial charge in [0.15, 0.2) is 11.5 Å². The Labute approximate surface area is 354 Å². The van der Waals surface area contributed by atoms with Gasteiger partial charge in [0.1, 0.15) is 11.5 Å². The normalized spacial score (nSPS) is 25.5. The van der Waals surface area contributed by atoms with E-state index in [9.17, 15) is 14.7 Å². The smallest absolute Gasteiger partial charge is 0.242 e. The van der Waals surface area contributed by atoms with Crippen LogP contribution in [0, 0.1) is 36.0 Å². The van der Waals surface area contributed by atoms with Crippen LogP contribution >= 0.6 is 54.8 Å². The summed E-state index contributed by atoms with van der Waals surface area (Å²) in [6, 6.07) is 16.3. The van der Waals surface area contributed by atoms with Gasteiger partial charge in [-0.1, -0.05) is 48.0 Å². The zero-order chi connectivity index (χ0) is 40.4. The Bertz CT molecular complexity index is 2670. The lowest BCUT2D eigenvalue weighted by molar-refractivity contribution is -0.131. The van der Waals surface area contributed by atoms with Crippen molar-refractivity contribution in [2.45, 2.75) is 32.6 Å². The highest BCUT2D eigenvalue weighted by atomic mass is 79.9. The topological polar surface area (TPSA) is 122 Å². The Morgan fingerprint density at radius 2 is 1.74 bits per heavy atom. The summed E-state index contributed by atoms with van der Waals surface area (Å²) in [4.78, 5) is 62.4. The first kappa shape index (κ1) is 38.0. The van der Waals surface area contributed by atoms with Crippen LogP contribution in [0.1, 0.15) is 42.4 Å². The summed E-state index contributed by atoms with van der Waals surface area (Å²) in [5, 5.41) is 17.4. The molecule has 4 amide bonds. The van der Waals surface area contributed by atoms with Crippen LogP contribution in [0.5, 0.6) is 11.5 Å². The van der Waals surface area contributed by atoms with Gasteiger partial charge >= 0.3 is 0 Å². The van der Waals surface area contributed by atoms with E-state index in [0.717, 1.165) is 31.7 Å². The van der Waals surface area contributed by atoms with E-state index in [-0.39, 0.29) is 36.2 Å². The van der Waals surface area contributed by atoms with Gasteiger partial charge in [-0.25, -0.2) is 4.90 Å². The van der Waals surface area contributed by atoms with Crippen LogP contribution in [0.15, 0.2) is 81.8 Å². The van der Waals surface area contributed by atoms with Crippen molar-refractivity contribution in [2.75, 3.05) is 16.9 Å². The fourth-order valence-electron chi connectivity index (χ4n) is 9.78. The van der Waals surface area contributed by atoms with Gasteiger partial charge in [-0.3, -0.25) is 28.8 Å². The van der Waals surface area contributed by atoms with E-state index in [2.05, 4.69) is 38.4 Å². The summed E-state index contributed by atoms with van der Waals surface area (Å²) in [5.41, 5.74) is 2.98. The number of aromatic nitrogens is 2. The first-order valence-corrected chi connectivity index (χ1v) is 21.2. The number of halogens is 3. The molecule has 4 aliphatic rings. The molecule has 6 atom stereocenters. The van der Waals surface area contributed by atoms with Gasteiger partial charge in [0, 0.05) is 33.2 Å². The molecule has 0 unspecified atom stereocenters. The highest BCUT2D eigenvalue weighted by Gasteiger charge is 2.68. The largest absolute Gasteiger partial charge is 0.503 e. The van der Waals surface area contributed by atoms with Gasteiger partial charge in [-0.15, -0.1) is 11.3 Å². The molecule has 10 nitrogen and oxygen atoms in total. The van der Waals surface area contributed by atoms with E-state index in [1.54, 1.807) is 53.4 Å². The lowest BCUT2D eigenvalue weighted by Gasteiger charge is -2.49. The number of anilines is 2. The molecule has 9 rings (SSSR count). The number of aromatic hydroxyl groups is 1. The average molecular weight is 931 g/mol. The van der Waals surface area contributed by atoms with Gasteiger partial charge in [-0.05, 0) is 123 Å². The second-order valence-electron chi connectivity index (χ2n) is 15.3. The number of hydrogen-bond donors (Lipinski definition) is 1. The van der Waals surface area contributed by atoms with E-state index in [1.165, 1.54) is 16.9 Å². The number of carbonyl (C=O) groups is 4. The van der Waals surface area contributed by atoms with Crippen molar-refractivity contribution in [1.82, 2.24) is 9.78 Å². The van der Waals surface area contributed by atoms with Crippen LogP contribution in [0.25, 0.3) is 26.7 Å². The van der Waals surface area contributed by atoms with Crippen LogP contribution in [0.2, 0.25) is 5.02 Å². The summed E-state index contributed by atoms with van der Waals surface area (Å²) in [6.45, 7) is 7.63. The van der Waals surface area contributed by atoms with E-state index < -0.39 is 46.8 Å². The number of hydrogen-bond acceptors (Lipinski definition) is 8. The SMILES string of the molecule is C=Cc1ccc(N2C(=O)[C@H]3[C@H](CC=C4[C@H]3C[C@H]3C(=O)N(c5cc(-c6sc7ccc(Cl)cc7c6C)nn5C)C(=O)[C@@]3(C)[C@H]4c3cc(OC)c(O)c(Br)c3Br)C2=O)cc1. The molecule has 0 spiro atoms. The summed E-state index contributed by atoms with van der Waals surface area (Å²) in [5.74, 6) is -4.64. The van der Waals surface area contributed by atoms with E-state index >= 15 is 9.59 Å². The van der Waals surface area contributed by atoms with Crippen LogP contribution in [0.3, 0.4) is 0 Å². The molecule has 57 heavy (non-hydrogen) atoms. The third-order valence-corrected chi connectivity index (χ3v) is 16.3. The second kappa shape index (κ2) is 13.5. The number of phenolic OH excluding ortho intramolecular Hbond substituents is 1. The molecule has 4 heterocycles. The minimum atomic E-state index is -1.35. The first-order chi connectivity index (χ1) is 27.2. The number of amides is 4. The van der Waals surface area contributed by atoms with Crippen molar-refractivity contribution >= 4 is 106 Å². The lowest BCUT2D eigenvalue weighted by atomic mass is 9.51. The van der Waals surface area contributed by atoms with Gasteiger partial charge in [-0.2, -0.15) is 5.10 Å². The number of benzene rings is 3. The molecule has 3 aromatic carbocycles. The molecule has 0 radical (unpaired) electrons. The molecule has 290 valence electrons. The maximum atomic E-state index is 15.3. The maximum absolute atomic E-state index is 15.3. The highest BCUT2D eigenvalue weighted by molar-refractivity contribution is 9.13. The number of allylic oxidation sites excluding steroid dienone is 2. The third-order valence-electron chi connectivity index (χ3n) is 12.6. The molecule has 14 heteroatoms. The summed E-state index contributed by atoms with van der Waals surface area (Å²) < 4.78 is 9.00. The quantitative estimate of drug-likeness (QED) is 0.133. The number of imide groups is 2. The lowest BCUT2D eigenvalue weighted by Crippen LogP contribution is -2.49. The van der Waals surface area contributed by atoms with Crippen LogP contribution < -0.4 is 14.5 Å². The van der Waals surface area contributed by atoms with Crippen molar-refractivity contribution in [3.8, 4) is 22.1 Å². The Morgan fingerprint density at radius 3 is 2.44 bits per heavy atom.